The molecular weight excluding hydrogens is 516 g/mol. The molecule has 2 N–H and O–H groups in total. The van der Waals surface area contributed by atoms with Gasteiger partial charge in [-0.15, -0.1) is 11.3 Å². The van der Waals surface area contributed by atoms with E-state index in [2.05, 4.69) is 10.6 Å². The third-order valence-electron chi connectivity index (χ3n) is 5.51. The van der Waals surface area contributed by atoms with Crippen LogP contribution >= 0.6 is 11.3 Å². The Morgan fingerprint density at radius 3 is 2.05 bits per heavy atom. The number of nitrogens with one attached hydrogen (secondary N) is 2. The summed E-state index contributed by atoms with van der Waals surface area (Å²) in [5.41, 5.74) is 2.04. The van der Waals surface area contributed by atoms with Gasteiger partial charge in [-0.3, -0.25) is 9.59 Å². The van der Waals surface area contributed by atoms with Crippen LogP contribution in [0.2, 0.25) is 0 Å². The lowest BCUT2D eigenvalue weighted by atomic mass is 9.92. The highest BCUT2D eigenvalue weighted by Gasteiger charge is 2.28. The number of amides is 2. The molecule has 1 heterocycles. The first-order valence-electron chi connectivity index (χ1n) is 12.7. The molecule has 2 aromatic rings. The molecule has 0 aliphatic carbocycles. The quantitative estimate of drug-likeness (QED) is 0.131. The van der Waals surface area contributed by atoms with Gasteiger partial charge in [0.05, 0.1) is 11.1 Å². The van der Waals surface area contributed by atoms with Gasteiger partial charge in [0, 0.05) is 28.4 Å². The van der Waals surface area contributed by atoms with Crippen LogP contribution in [0.3, 0.4) is 0 Å². The van der Waals surface area contributed by atoms with E-state index in [1.165, 1.54) is 0 Å². The van der Waals surface area contributed by atoms with E-state index in [0.29, 0.717) is 16.7 Å². The maximum Gasteiger partial charge on any atom is 0.407 e. The Hall–Kier alpha value is -3.72. The summed E-state index contributed by atoms with van der Waals surface area (Å²) >= 11 is 1.58. The molecule has 0 bridgehead atoms. The molecule has 8 nitrogen and oxygen atoms in total. The first-order chi connectivity index (χ1) is 18.2. The van der Waals surface area contributed by atoms with Crippen molar-refractivity contribution in [2.45, 2.75) is 61.0 Å². The lowest BCUT2D eigenvalue weighted by molar-refractivity contribution is -0.138. The van der Waals surface area contributed by atoms with Crippen LogP contribution in [-0.2, 0) is 19.1 Å². The first-order valence-corrected chi connectivity index (χ1v) is 13.5. The molecule has 0 radical (unpaired) electrons. The van der Waals surface area contributed by atoms with E-state index < -0.39 is 30.2 Å². The Bertz CT molecular complexity index is 1280. The topological polar surface area (TPSA) is 111 Å². The van der Waals surface area contributed by atoms with Gasteiger partial charge in [-0.05, 0) is 72.6 Å². The van der Waals surface area contributed by atoms with Crippen molar-refractivity contribution in [2.75, 3.05) is 19.7 Å². The summed E-state index contributed by atoms with van der Waals surface area (Å²) in [4.78, 5) is 53.4. The van der Waals surface area contributed by atoms with E-state index in [0.717, 1.165) is 15.3 Å². The zero-order valence-electron chi connectivity index (χ0n) is 23.9. The largest absolute Gasteiger partial charge is 0.454 e. The van der Waals surface area contributed by atoms with Gasteiger partial charge in [0.25, 0.3) is 5.91 Å². The lowest BCUT2D eigenvalue weighted by Crippen LogP contribution is -2.38. The van der Waals surface area contributed by atoms with E-state index in [1.54, 1.807) is 83.2 Å². The van der Waals surface area contributed by atoms with Gasteiger partial charge in [-0.25, -0.2) is 9.59 Å². The minimum atomic E-state index is -0.765. The molecular formula is C30H38N2O6S. The van der Waals surface area contributed by atoms with Crippen LogP contribution in [0.15, 0.2) is 53.1 Å². The van der Waals surface area contributed by atoms with E-state index >= 15 is 0 Å². The monoisotopic (exact) mass is 554 g/mol. The number of allylic oxidation sites excluding steroid dienone is 2. The minimum absolute atomic E-state index is 0.0920. The molecule has 2 amide bonds. The van der Waals surface area contributed by atoms with Crippen LogP contribution in [0.5, 0.6) is 0 Å². The summed E-state index contributed by atoms with van der Waals surface area (Å²) in [6, 6.07) is 10.5. The smallest absolute Gasteiger partial charge is 0.407 e. The molecule has 0 fully saturated rings. The Labute approximate surface area is 234 Å². The molecule has 0 atom stereocenters. The zero-order chi connectivity index (χ0) is 29.3. The van der Waals surface area contributed by atoms with Crippen molar-refractivity contribution in [1.29, 1.82) is 0 Å². The van der Waals surface area contributed by atoms with Crippen LogP contribution in [-0.4, -0.2) is 49.1 Å². The molecule has 1 aromatic carbocycles. The van der Waals surface area contributed by atoms with Gasteiger partial charge in [0.1, 0.15) is 5.60 Å². The zero-order valence-corrected chi connectivity index (χ0v) is 24.8. The third kappa shape index (κ3) is 9.51. The van der Waals surface area contributed by atoms with Gasteiger partial charge in [-0.1, -0.05) is 35.9 Å². The summed E-state index contributed by atoms with van der Waals surface area (Å²) in [6.45, 7) is 14.2. The van der Waals surface area contributed by atoms with Crippen LogP contribution in [0.4, 0.5) is 4.79 Å². The molecule has 2 rings (SSSR count). The van der Waals surface area contributed by atoms with Gasteiger partial charge in [0.15, 0.2) is 12.4 Å². The fourth-order valence-corrected chi connectivity index (χ4v) is 4.81. The average Bonchev–Trinajstić information content (AvgIpc) is 3.19. The molecule has 1 aromatic heterocycles. The fourth-order valence-electron chi connectivity index (χ4n) is 3.82. The highest BCUT2D eigenvalue weighted by atomic mass is 32.1. The normalized spacial score (nSPS) is 11.7. The number of hydrogen-bond acceptors (Lipinski definition) is 7. The summed E-state index contributed by atoms with van der Waals surface area (Å²) in [5, 5.41) is 5.35. The van der Waals surface area contributed by atoms with Gasteiger partial charge >= 0.3 is 12.1 Å². The van der Waals surface area contributed by atoms with Crippen molar-refractivity contribution in [2.24, 2.45) is 0 Å². The van der Waals surface area contributed by atoms with Gasteiger partial charge in [0.2, 0.25) is 0 Å². The Balaban J connectivity index is 2.30. The lowest BCUT2D eigenvalue weighted by Gasteiger charge is -2.20. The number of rotatable bonds is 10. The number of thiophene rings is 1. The average molecular weight is 555 g/mol. The summed E-state index contributed by atoms with van der Waals surface area (Å²) in [6.07, 6.45) is -0.592. The highest BCUT2D eigenvalue weighted by Crippen LogP contribution is 2.33. The Kier molecular flexibility index (Phi) is 11.2. The van der Waals surface area contributed by atoms with Gasteiger partial charge < -0.3 is 20.1 Å². The highest BCUT2D eigenvalue weighted by molar-refractivity contribution is 7.12. The molecule has 0 saturated carbocycles. The van der Waals surface area contributed by atoms with E-state index in [1.807, 2.05) is 19.9 Å². The van der Waals surface area contributed by atoms with Gasteiger partial charge in [-0.2, -0.15) is 0 Å². The molecule has 210 valence electrons. The Morgan fingerprint density at radius 1 is 0.897 bits per heavy atom. The predicted octanol–water partition coefficient (Wildman–Crippen LogP) is 5.54. The molecule has 0 aliphatic heterocycles. The van der Waals surface area contributed by atoms with E-state index in [9.17, 15) is 19.2 Å². The standard InChI is InChI=1S/C30H38N2O6S/c1-18(2)25(27(34)31-14-15-32-29(36)38-30(6,7)8)26(20(4)23-16-19(3)39-21(23)5)28(35)37-17-24(33)22-12-10-9-11-13-22/h9-13,16H,14-15,17H2,1-8H3,(H,31,34)(H,32,36)/b26-20-. The number of esters is 1. The molecule has 39 heavy (non-hydrogen) atoms. The number of alkyl carbamates (subject to hydrolysis) is 1. The first kappa shape index (κ1) is 31.5. The summed E-state index contributed by atoms with van der Waals surface area (Å²) < 4.78 is 10.7. The van der Waals surface area contributed by atoms with Crippen molar-refractivity contribution >= 4 is 40.7 Å². The van der Waals surface area contributed by atoms with Crippen molar-refractivity contribution < 1.29 is 28.7 Å². The maximum atomic E-state index is 13.5. The number of ketones is 1. The van der Waals surface area contributed by atoms with Crippen LogP contribution in [0.1, 0.15) is 67.2 Å². The Morgan fingerprint density at radius 2 is 1.51 bits per heavy atom. The third-order valence-corrected chi connectivity index (χ3v) is 6.48. The second kappa shape index (κ2) is 13.9. The molecule has 0 spiro atoms. The SMILES string of the molecule is CC(C)=C(C(=O)NCCNC(=O)OC(C)(C)C)/C(C(=O)OCC(=O)c1ccccc1)=C(\C)c1cc(C)sc1C. The molecule has 0 saturated heterocycles. The fraction of sp³-hybridized carbons (Fsp3) is 0.400. The second-order valence-corrected chi connectivity index (χ2v) is 11.7. The summed E-state index contributed by atoms with van der Waals surface area (Å²) in [7, 11) is 0. The van der Waals surface area contributed by atoms with Crippen molar-refractivity contribution in [3.05, 3.63) is 74.0 Å². The molecule has 0 unspecified atom stereocenters. The van der Waals surface area contributed by atoms with E-state index in [-0.39, 0.29) is 30.0 Å². The van der Waals surface area contributed by atoms with Crippen molar-refractivity contribution in [3.8, 4) is 0 Å². The molecule has 9 heteroatoms. The number of hydrogen-bond donors (Lipinski definition) is 2. The number of benzene rings is 1. The number of carbonyl (C=O) groups is 4. The van der Waals surface area contributed by atoms with E-state index in [4.69, 9.17) is 9.47 Å². The van der Waals surface area contributed by atoms with Crippen molar-refractivity contribution in [3.63, 3.8) is 0 Å². The number of ether oxygens (including phenoxy) is 2. The summed E-state index contributed by atoms with van der Waals surface area (Å²) in [5.74, 6) is -1.61. The number of Topliss-reactive ketones (excluding diaryl/α,β-unsaturated/α-hetero) is 1. The van der Waals surface area contributed by atoms with Crippen molar-refractivity contribution in [1.82, 2.24) is 10.6 Å². The minimum Gasteiger partial charge on any atom is -0.454 e. The van der Waals surface area contributed by atoms with Crippen LogP contribution in [0.25, 0.3) is 5.57 Å². The van der Waals surface area contributed by atoms with Crippen LogP contribution in [0, 0.1) is 13.8 Å². The predicted molar refractivity (Wildman–Crippen MR) is 154 cm³/mol. The van der Waals surface area contributed by atoms with Crippen LogP contribution < -0.4 is 10.6 Å². The number of carbonyl (C=O) groups excluding carboxylic acids is 4. The molecule has 0 aliphatic rings. The number of aryl methyl sites for hydroxylation is 2. The second-order valence-electron chi connectivity index (χ2n) is 10.3. The maximum absolute atomic E-state index is 13.5.